The molecule has 1 aliphatic rings. The minimum absolute atomic E-state index is 0.0388. The van der Waals surface area contributed by atoms with Crippen molar-refractivity contribution in [2.24, 2.45) is 0 Å². The molecule has 2 heterocycles. The summed E-state index contributed by atoms with van der Waals surface area (Å²) in [6.07, 6.45) is 0.476. The van der Waals surface area contributed by atoms with Crippen LogP contribution < -0.4 is 10.9 Å². The summed E-state index contributed by atoms with van der Waals surface area (Å²) >= 11 is 0. The Bertz CT molecular complexity index is 958. The van der Waals surface area contributed by atoms with Crippen LogP contribution >= 0.6 is 0 Å². The molecule has 1 aliphatic heterocycles. The largest absolute Gasteiger partial charge is 0.458 e. The first-order chi connectivity index (χ1) is 13.6. The molecular weight excluding hydrogens is 368 g/mol. The monoisotopic (exact) mass is 385 g/mol. The summed E-state index contributed by atoms with van der Waals surface area (Å²) < 4.78 is 36.5. The van der Waals surface area contributed by atoms with Crippen molar-refractivity contribution in [1.82, 2.24) is 16.0 Å². The highest BCUT2D eigenvalue weighted by atomic mass is 19.1. The molecule has 2 unspecified atom stereocenters. The molecule has 2 aromatic carbocycles. The van der Waals surface area contributed by atoms with Gasteiger partial charge >= 0.3 is 5.97 Å². The first kappa shape index (κ1) is 18.3. The third kappa shape index (κ3) is 4.08. The van der Waals surface area contributed by atoms with Crippen LogP contribution in [0.15, 0.2) is 59.1 Å². The molecule has 1 aromatic heterocycles. The minimum Gasteiger partial charge on any atom is -0.458 e. The smallest absolute Gasteiger partial charge is 0.324 e. The third-order valence-corrected chi connectivity index (χ3v) is 4.51. The minimum atomic E-state index is -0.529. The van der Waals surface area contributed by atoms with Crippen molar-refractivity contribution in [2.45, 2.75) is 25.1 Å². The first-order valence-corrected chi connectivity index (χ1v) is 8.73. The average molecular weight is 385 g/mol. The van der Waals surface area contributed by atoms with Crippen molar-refractivity contribution in [3.8, 4) is 11.3 Å². The molecule has 8 heteroatoms. The van der Waals surface area contributed by atoms with Gasteiger partial charge in [0.1, 0.15) is 30.0 Å². The molecule has 0 bridgehead atoms. The summed E-state index contributed by atoms with van der Waals surface area (Å²) in [5.74, 6) is -0.612. The van der Waals surface area contributed by atoms with Crippen molar-refractivity contribution >= 4 is 5.97 Å². The number of nitrogens with one attached hydrogen (secondary N) is 2. The molecule has 4 rings (SSSR count). The number of hydrogen-bond acceptors (Lipinski definition) is 6. The van der Waals surface area contributed by atoms with Crippen LogP contribution in [0.4, 0.5) is 8.78 Å². The third-order valence-electron chi connectivity index (χ3n) is 4.51. The second-order valence-electron chi connectivity index (χ2n) is 6.48. The fraction of sp³-hybridized carbons (Fsp3) is 0.200. The number of halogens is 2. The van der Waals surface area contributed by atoms with E-state index in [0.29, 0.717) is 23.4 Å². The Labute approximate surface area is 159 Å². The Kier molecular flexibility index (Phi) is 5.14. The van der Waals surface area contributed by atoms with Crippen LogP contribution in [0, 0.1) is 11.6 Å². The number of ether oxygens (including phenoxy) is 1. The van der Waals surface area contributed by atoms with Gasteiger partial charge in [0.2, 0.25) is 0 Å². The predicted octanol–water partition coefficient (Wildman–Crippen LogP) is 3.27. The van der Waals surface area contributed by atoms with Crippen molar-refractivity contribution in [1.29, 1.82) is 0 Å². The van der Waals surface area contributed by atoms with E-state index in [1.54, 1.807) is 30.3 Å². The van der Waals surface area contributed by atoms with Gasteiger partial charge in [-0.1, -0.05) is 17.3 Å². The van der Waals surface area contributed by atoms with Crippen LogP contribution in [-0.4, -0.2) is 17.2 Å². The lowest BCUT2D eigenvalue weighted by molar-refractivity contribution is -0.147. The van der Waals surface area contributed by atoms with Gasteiger partial charge in [-0.25, -0.2) is 19.6 Å². The molecule has 0 radical (unpaired) electrons. The molecule has 2 N–H and O–H groups in total. The van der Waals surface area contributed by atoms with E-state index in [9.17, 15) is 13.6 Å². The van der Waals surface area contributed by atoms with Crippen molar-refractivity contribution in [3.63, 3.8) is 0 Å². The van der Waals surface area contributed by atoms with Crippen LogP contribution in [0.1, 0.15) is 23.7 Å². The van der Waals surface area contributed by atoms with Gasteiger partial charge in [0.05, 0.1) is 0 Å². The van der Waals surface area contributed by atoms with E-state index in [2.05, 4.69) is 16.0 Å². The van der Waals surface area contributed by atoms with Crippen LogP contribution in [-0.2, 0) is 16.1 Å². The highest BCUT2D eigenvalue weighted by Crippen LogP contribution is 2.24. The maximum Gasteiger partial charge on any atom is 0.324 e. The molecule has 6 nitrogen and oxygen atoms in total. The number of esters is 1. The predicted molar refractivity (Wildman–Crippen MR) is 95.5 cm³/mol. The van der Waals surface area contributed by atoms with Crippen LogP contribution in [0.2, 0.25) is 0 Å². The standard InChI is InChI=1S/C20H17F2N3O3/c21-14-5-1-12(2-6-14)17-10-18(24-23-17)20(26)27-11-16-9-19(28-25-16)13-3-7-15(22)8-4-13/h1-9,17-18,23-24H,10-11H2. The van der Waals surface area contributed by atoms with E-state index in [1.165, 1.54) is 24.3 Å². The number of nitrogens with zero attached hydrogens (tertiary/aromatic N) is 1. The lowest BCUT2D eigenvalue weighted by atomic mass is 10.0. The van der Waals surface area contributed by atoms with Crippen molar-refractivity contribution in [2.75, 3.05) is 0 Å². The van der Waals surface area contributed by atoms with Crippen LogP contribution in [0.3, 0.4) is 0 Å². The SMILES string of the molecule is O=C(OCc1cc(-c2ccc(F)cc2)on1)C1CC(c2ccc(F)cc2)NN1. The zero-order valence-corrected chi connectivity index (χ0v) is 14.7. The van der Waals surface area contributed by atoms with E-state index < -0.39 is 12.0 Å². The number of aromatic nitrogens is 1. The molecule has 0 aliphatic carbocycles. The fourth-order valence-corrected chi connectivity index (χ4v) is 3.00. The first-order valence-electron chi connectivity index (χ1n) is 8.73. The molecule has 1 fully saturated rings. The van der Waals surface area contributed by atoms with Crippen molar-refractivity contribution in [3.05, 3.63) is 77.5 Å². The van der Waals surface area contributed by atoms with E-state index in [-0.39, 0.29) is 24.3 Å². The molecule has 144 valence electrons. The summed E-state index contributed by atoms with van der Waals surface area (Å²) in [5, 5.41) is 3.87. The second-order valence-corrected chi connectivity index (χ2v) is 6.48. The number of hydrazine groups is 1. The maximum absolute atomic E-state index is 13.0. The molecule has 0 saturated carbocycles. The van der Waals surface area contributed by atoms with Gasteiger partial charge < -0.3 is 9.26 Å². The van der Waals surface area contributed by atoms with Gasteiger partial charge in [0.15, 0.2) is 5.76 Å². The molecule has 28 heavy (non-hydrogen) atoms. The number of carbonyl (C=O) groups excluding carboxylic acids is 1. The summed E-state index contributed by atoms with van der Waals surface area (Å²) in [6.45, 7) is -0.0388. The molecular formula is C20H17F2N3O3. The fourth-order valence-electron chi connectivity index (χ4n) is 3.00. The summed E-state index contributed by atoms with van der Waals surface area (Å²) in [5.41, 5.74) is 7.92. The summed E-state index contributed by atoms with van der Waals surface area (Å²) in [4.78, 5) is 12.3. The topological polar surface area (TPSA) is 76.4 Å². The zero-order valence-electron chi connectivity index (χ0n) is 14.7. The highest BCUT2D eigenvalue weighted by Gasteiger charge is 2.31. The van der Waals surface area contributed by atoms with Gasteiger partial charge in [0.25, 0.3) is 0 Å². The Balaban J connectivity index is 1.31. The van der Waals surface area contributed by atoms with E-state index in [4.69, 9.17) is 9.26 Å². The Morgan fingerprint density at radius 1 is 1.07 bits per heavy atom. The van der Waals surface area contributed by atoms with Gasteiger partial charge in [0, 0.05) is 17.7 Å². The summed E-state index contributed by atoms with van der Waals surface area (Å²) in [6, 6.07) is 12.9. The number of carbonyl (C=O) groups is 1. The normalized spacial score (nSPS) is 18.9. The average Bonchev–Trinajstić information content (AvgIpc) is 3.37. The van der Waals surface area contributed by atoms with Gasteiger partial charge in [-0.05, 0) is 48.4 Å². The second kappa shape index (κ2) is 7.87. The Hall–Kier alpha value is -3.10. The Morgan fingerprint density at radius 2 is 1.75 bits per heavy atom. The molecule has 3 aromatic rings. The van der Waals surface area contributed by atoms with E-state index in [1.807, 2.05) is 0 Å². The lowest BCUT2D eigenvalue weighted by Gasteiger charge is -2.09. The van der Waals surface area contributed by atoms with Gasteiger partial charge in [-0.3, -0.25) is 4.79 Å². The quantitative estimate of drug-likeness (QED) is 0.657. The molecule has 2 atom stereocenters. The molecule has 0 amide bonds. The highest BCUT2D eigenvalue weighted by molar-refractivity contribution is 5.76. The number of rotatable bonds is 5. The maximum atomic E-state index is 13.0. The number of benzene rings is 2. The van der Waals surface area contributed by atoms with E-state index in [0.717, 1.165) is 5.56 Å². The van der Waals surface area contributed by atoms with E-state index >= 15 is 0 Å². The van der Waals surface area contributed by atoms with Gasteiger partial charge in [-0.2, -0.15) is 0 Å². The molecule has 1 saturated heterocycles. The Morgan fingerprint density at radius 3 is 2.46 bits per heavy atom. The zero-order chi connectivity index (χ0) is 19.5. The lowest BCUT2D eigenvalue weighted by Crippen LogP contribution is -2.37. The summed E-state index contributed by atoms with van der Waals surface area (Å²) in [7, 11) is 0. The van der Waals surface area contributed by atoms with Crippen LogP contribution in [0.25, 0.3) is 11.3 Å². The van der Waals surface area contributed by atoms with Gasteiger partial charge in [-0.15, -0.1) is 0 Å². The number of hydrogen-bond donors (Lipinski definition) is 2. The van der Waals surface area contributed by atoms with Crippen molar-refractivity contribution < 1.29 is 22.8 Å². The molecule has 0 spiro atoms. The van der Waals surface area contributed by atoms with Crippen LogP contribution in [0.5, 0.6) is 0 Å².